The van der Waals surface area contributed by atoms with E-state index in [1.54, 1.807) is 12.4 Å². The SMILES string of the molecule is N#Cc1ccccc1Sc1nc2c([nH]1)c(=N)ncn2CCc1ccccc1. The van der Waals surface area contributed by atoms with Crippen molar-refractivity contribution in [1.29, 1.82) is 10.7 Å². The number of aromatic amines is 1. The third-order valence-electron chi connectivity index (χ3n) is 4.20. The van der Waals surface area contributed by atoms with Gasteiger partial charge in [-0.2, -0.15) is 5.26 Å². The fourth-order valence-electron chi connectivity index (χ4n) is 2.82. The molecule has 0 saturated heterocycles. The van der Waals surface area contributed by atoms with Crippen LogP contribution in [-0.4, -0.2) is 19.5 Å². The molecule has 0 spiro atoms. The van der Waals surface area contributed by atoms with Crippen LogP contribution in [0.4, 0.5) is 0 Å². The highest BCUT2D eigenvalue weighted by atomic mass is 32.2. The van der Waals surface area contributed by atoms with Gasteiger partial charge >= 0.3 is 0 Å². The predicted molar refractivity (Wildman–Crippen MR) is 103 cm³/mol. The molecule has 132 valence electrons. The van der Waals surface area contributed by atoms with Crippen molar-refractivity contribution in [1.82, 2.24) is 19.5 Å². The maximum atomic E-state index is 9.26. The smallest absolute Gasteiger partial charge is 0.173 e. The van der Waals surface area contributed by atoms with Gasteiger partial charge in [0, 0.05) is 11.4 Å². The summed E-state index contributed by atoms with van der Waals surface area (Å²) in [6.45, 7) is 0.720. The van der Waals surface area contributed by atoms with E-state index in [-0.39, 0.29) is 5.49 Å². The Morgan fingerprint density at radius 3 is 2.70 bits per heavy atom. The first-order valence-electron chi connectivity index (χ1n) is 8.45. The standard InChI is InChI=1S/C20H16N6S/c21-12-15-8-4-5-9-16(15)27-20-24-17-18(22)23-13-26(19(17)25-20)11-10-14-6-2-1-3-7-14/h1-9,13,22H,10-11H2,(H,24,25). The van der Waals surface area contributed by atoms with Crippen LogP contribution >= 0.6 is 11.8 Å². The van der Waals surface area contributed by atoms with Crippen LogP contribution in [0.3, 0.4) is 0 Å². The molecule has 0 unspecified atom stereocenters. The Hall–Kier alpha value is -3.37. The molecule has 0 aliphatic carbocycles. The van der Waals surface area contributed by atoms with E-state index in [0.717, 1.165) is 17.9 Å². The van der Waals surface area contributed by atoms with Gasteiger partial charge in [-0.05, 0) is 24.1 Å². The van der Waals surface area contributed by atoms with Gasteiger partial charge in [0.15, 0.2) is 16.3 Å². The van der Waals surface area contributed by atoms with Crippen molar-refractivity contribution >= 4 is 22.9 Å². The van der Waals surface area contributed by atoms with Crippen LogP contribution in [0.1, 0.15) is 11.1 Å². The van der Waals surface area contributed by atoms with Crippen molar-refractivity contribution in [3.05, 3.63) is 77.5 Å². The zero-order chi connectivity index (χ0) is 18.6. The second-order valence-electron chi connectivity index (χ2n) is 5.97. The number of imidazole rings is 1. The van der Waals surface area contributed by atoms with E-state index in [1.165, 1.54) is 17.3 Å². The number of hydrogen-bond donors (Lipinski definition) is 2. The Bertz CT molecular complexity index is 1190. The molecule has 7 heteroatoms. The minimum atomic E-state index is 0.161. The van der Waals surface area contributed by atoms with Gasteiger partial charge in [-0.15, -0.1) is 0 Å². The second kappa shape index (κ2) is 7.48. The van der Waals surface area contributed by atoms with E-state index in [2.05, 4.69) is 33.2 Å². The highest BCUT2D eigenvalue weighted by Crippen LogP contribution is 2.28. The van der Waals surface area contributed by atoms with Crippen LogP contribution in [0.15, 0.2) is 71.0 Å². The van der Waals surface area contributed by atoms with E-state index in [1.807, 2.05) is 41.0 Å². The fourth-order valence-corrected chi connectivity index (χ4v) is 3.68. The highest BCUT2D eigenvalue weighted by molar-refractivity contribution is 7.99. The molecule has 0 fully saturated rings. The van der Waals surface area contributed by atoms with Gasteiger partial charge in [0.1, 0.15) is 11.6 Å². The normalized spacial score (nSPS) is 10.8. The monoisotopic (exact) mass is 372 g/mol. The quantitative estimate of drug-likeness (QED) is 0.560. The molecule has 2 heterocycles. The molecular weight excluding hydrogens is 356 g/mol. The lowest BCUT2D eigenvalue weighted by molar-refractivity contribution is 0.691. The number of aryl methyl sites for hydroxylation is 2. The maximum absolute atomic E-state index is 9.26. The van der Waals surface area contributed by atoms with E-state index >= 15 is 0 Å². The molecule has 2 N–H and O–H groups in total. The van der Waals surface area contributed by atoms with Crippen molar-refractivity contribution in [2.24, 2.45) is 0 Å². The van der Waals surface area contributed by atoms with Gasteiger partial charge in [-0.25, -0.2) is 9.97 Å². The Morgan fingerprint density at radius 2 is 1.89 bits per heavy atom. The van der Waals surface area contributed by atoms with Crippen LogP contribution in [0.2, 0.25) is 0 Å². The molecule has 0 radical (unpaired) electrons. The Balaban J connectivity index is 1.66. The summed E-state index contributed by atoms with van der Waals surface area (Å²) in [6, 6.07) is 19.8. The van der Waals surface area contributed by atoms with Crippen LogP contribution in [0.5, 0.6) is 0 Å². The van der Waals surface area contributed by atoms with Gasteiger partial charge in [-0.3, -0.25) is 5.41 Å². The molecule has 0 atom stereocenters. The zero-order valence-electron chi connectivity index (χ0n) is 14.4. The average molecular weight is 372 g/mol. The van der Waals surface area contributed by atoms with E-state index in [4.69, 9.17) is 5.41 Å². The summed E-state index contributed by atoms with van der Waals surface area (Å²) in [7, 11) is 0. The Labute approximate surface area is 160 Å². The number of nitrogens with zero attached hydrogens (tertiary/aromatic N) is 4. The molecular formula is C20H16N6S. The van der Waals surface area contributed by atoms with Gasteiger partial charge in [0.05, 0.1) is 11.9 Å². The predicted octanol–water partition coefficient (Wildman–Crippen LogP) is 3.50. The van der Waals surface area contributed by atoms with Gasteiger partial charge < -0.3 is 9.55 Å². The molecule has 6 nitrogen and oxygen atoms in total. The number of fused-ring (bicyclic) bond motifs is 1. The molecule has 0 bridgehead atoms. The lowest BCUT2D eigenvalue weighted by atomic mass is 10.1. The first kappa shape index (κ1) is 17.1. The van der Waals surface area contributed by atoms with Crippen LogP contribution in [0.25, 0.3) is 11.2 Å². The van der Waals surface area contributed by atoms with Crippen molar-refractivity contribution in [2.45, 2.75) is 23.0 Å². The zero-order valence-corrected chi connectivity index (χ0v) is 15.2. The molecule has 0 aliphatic rings. The number of hydrogen-bond acceptors (Lipinski definition) is 5. The van der Waals surface area contributed by atoms with Crippen molar-refractivity contribution in [2.75, 3.05) is 0 Å². The summed E-state index contributed by atoms with van der Waals surface area (Å²) >= 11 is 1.38. The number of nitriles is 1. The molecule has 0 saturated carbocycles. The van der Waals surface area contributed by atoms with Crippen LogP contribution in [-0.2, 0) is 13.0 Å². The Kier molecular flexibility index (Phi) is 4.73. The average Bonchev–Trinajstić information content (AvgIpc) is 3.13. The largest absolute Gasteiger partial charge is 0.328 e. The van der Waals surface area contributed by atoms with Crippen molar-refractivity contribution in [3.63, 3.8) is 0 Å². The molecule has 4 aromatic rings. The van der Waals surface area contributed by atoms with Crippen molar-refractivity contribution in [3.8, 4) is 6.07 Å². The topological polar surface area (TPSA) is 94.1 Å². The van der Waals surface area contributed by atoms with Gasteiger partial charge in [0.25, 0.3) is 0 Å². The first-order chi connectivity index (χ1) is 13.2. The minimum absolute atomic E-state index is 0.161. The molecule has 27 heavy (non-hydrogen) atoms. The summed E-state index contributed by atoms with van der Waals surface area (Å²) in [5.74, 6) is 0. The summed E-state index contributed by atoms with van der Waals surface area (Å²) < 4.78 is 1.96. The number of rotatable bonds is 5. The highest BCUT2D eigenvalue weighted by Gasteiger charge is 2.12. The van der Waals surface area contributed by atoms with Crippen molar-refractivity contribution < 1.29 is 0 Å². The first-order valence-corrected chi connectivity index (χ1v) is 9.27. The summed E-state index contributed by atoms with van der Waals surface area (Å²) in [5, 5.41) is 18.0. The summed E-state index contributed by atoms with van der Waals surface area (Å²) in [6.07, 6.45) is 2.51. The lowest BCUT2D eigenvalue weighted by Gasteiger charge is -2.06. The third kappa shape index (κ3) is 3.61. The fraction of sp³-hybridized carbons (Fsp3) is 0.100. The van der Waals surface area contributed by atoms with E-state index in [9.17, 15) is 5.26 Å². The van der Waals surface area contributed by atoms with Gasteiger partial charge in [0.2, 0.25) is 0 Å². The van der Waals surface area contributed by atoms with Crippen LogP contribution < -0.4 is 5.49 Å². The lowest BCUT2D eigenvalue weighted by Crippen LogP contribution is -2.13. The third-order valence-corrected chi connectivity index (χ3v) is 5.16. The summed E-state index contributed by atoms with van der Waals surface area (Å²) in [5.41, 5.74) is 3.30. The molecule has 2 aromatic carbocycles. The Morgan fingerprint density at radius 1 is 1.11 bits per heavy atom. The molecule has 4 rings (SSSR count). The number of benzene rings is 2. The minimum Gasteiger partial charge on any atom is -0.328 e. The molecule has 0 aliphatic heterocycles. The molecule has 2 aromatic heterocycles. The van der Waals surface area contributed by atoms with Gasteiger partial charge in [-0.1, -0.05) is 54.2 Å². The number of nitrogens with one attached hydrogen (secondary N) is 2. The number of aromatic nitrogens is 4. The maximum Gasteiger partial charge on any atom is 0.173 e. The second-order valence-corrected chi connectivity index (χ2v) is 7.00. The summed E-state index contributed by atoms with van der Waals surface area (Å²) in [4.78, 5) is 12.8. The molecule has 0 amide bonds. The van der Waals surface area contributed by atoms with E-state index in [0.29, 0.717) is 21.9 Å². The van der Waals surface area contributed by atoms with E-state index < -0.39 is 0 Å². The van der Waals surface area contributed by atoms with Crippen LogP contribution in [0, 0.1) is 16.7 Å². The number of H-pyrrole nitrogens is 1.